The third kappa shape index (κ3) is 7.79. The van der Waals surface area contributed by atoms with E-state index in [1.807, 2.05) is 32.1 Å². The Balaban J connectivity index is 1.53. The number of nitrogens with zero attached hydrogens (tertiary/aromatic N) is 1. The molecule has 2 fully saturated rings. The molecule has 0 aromatic heterocycles. The molecule has 3 aliphatic rings. The van der Waals surface area contributed by atoms with Crippen molar-refractivity contribution in [2.24, 2.45) is 5.92 Å². The summed E-state index contributed by atoms with van der Waals surface area (Å²) in [6.45, 7) is 7.27. The number of ether oxygens (including phenoxy) is 4. The topological polar surface area (TPSA) is 153 Å². The summed E-state index contributed by atoms with van der Waals surface area (Å²) in [7, 11) is 3.04. The Kier molecular flexibility index (Phi) is 10.9. The summed E-state index contributed by atoms with van der Waals surface area (Å²) in [5, 5.41) is 14.6. The number of fused-ring (bicyclic) bond motifs is 5. The summed E-state index contributed by atoms with van der Waals surface area (Å²) in [5.74, 6) is -2.35. The van der Waals surface area contributed by atoms with Gasteiger partial charge in [-0.1, -0.05) is 60.0 Å². The number of aryl methyl sites for hydroxylation is 1. The number of halogens is 3. The van der Waals surface area contributed by atoms with Crippen molar-refractivity contribution in [3.05, 3.63) is 75.1 Å². The van der Waals surface area contributed by atoms with Crippen molar-refractivity contribution in [3.8, 4) is 0 Å². The van der Waals surface area contributed by atoms with Crippen molar-refractivity contribution < 1.29 is 42.8 Å². The van der Waals surface area contributed by atoms with E-state index in [-0.39, 0.29) is 35.7 Å². The Morgan fingerprint density at radius 2 is 1.92 bits per heavy atom. The number of nitrogens with two attached hydrogens (primary N) is 1. The highest BCUT2D eigenvalue weighted by molar-refractivity contribution is 6.34. The third-order valence-electron chi connectivity index (χ3n) is 9.78. The molecule has 0 saturated carbocycles. The van der Waals surface area contributed by atoms with E-state index < -0.39 is 65.3 Å². The van der Waals surface area contributed by atoms with Crippen molar-refractivity contribution in [3.63, 3.8) is 0 Å². The van der Waals surface area contributed by atoms with Crippen molar-refractivity contribution >= 4 is 58.2 Å². The molecule has 4 bridgehead atoms. The Morgan fingerprint density at radius 3 is 2.62 bits per heavy atom. The lowest BCUT2D eigenvalue weighted by Crippen LogP contribution is -2.53. The van der Waals surface area contributed by atoms with Crippen LogP contribution in [0.4, 0.5) is 26.2 Å². The third-order valence-corrected chi connectivity index (χ3v) is 10.6. The van der Waals surface area contributed by atoms with Gasteiger partial charge in [0.15, 0.2) is 0 Å². The lowest BCUT2D eigenvalue weighted by molar-refractivity contribution is -0.187. The quantitative estimate of drug-likeness (QED) is 0.188. The van der Waals surface area contributed by atoms with E-state index in [4.69, 9.17) is 47.9 Å². The molecule has 0 aliphatic carbocycles. The Hall–Kier alpha value is -3.68. The number of aliphatic hydroxyl groups is 1. The zero-order valence-electron chi connectivity index (χ0n) is 28.7. The Labute approximate surface area is 300 Å². The maximum atomic E-state index is 14.2. The summed E-state index contributed by atoms with van der Waals surface area (Å²) in [6.07, 6.45) is 0.827. The van der Waals surface area contributed by atoms with Gasteiger partial charge in [0.05, 0.1) is 46.1 Å². The molecule has 3 heterocycles. The van der Waals surface area contributed by atoms with Gasteiger partial charge < -0.3 is 34.7 Å². The average molecular weight is 735 g/mol. The minimum absolute atomic E-state index is 0.0247. The van der Waals surface area contributed by atoms with Crippen LogP contribution in [0.2, 0.25) is 10.0 Å². The first-order chi connectivity index (χ1) is 23.4. The maximum absolute atomic E-state index is 14.2. The second-order valence-corrected chi connectivity index (χ2v) is 14.4. The molecule has 270 valence electrons. The summed E-state index contributed by atoms with van der Waals surface area (Å²) < 4.78 is 37.6. The minimum atomic E-state index is -1.58. The predicted molar refractivity (Wildman–Crippen MR) is 188 cm³/mol. The SMILES string of the molecule is CO[C@@H]1/C=C/C=C(\C)Cc2cc(C)c(Cl)c(c2)N(C)C(=O)C[C@H](OC(=O)Nc2cc(F)c(N)cc2Cl)[C@]2(C)O[C@H]2[C@H](C)[C@@H]2C[C@@]1(O)CC(=O)O2. The van der Waals surface area contributed by atoms with Gasteiger partial charge in [-0.05, 0) is 50.5 Å². The van der Waals surface area contributed by atoms with Crippen LogP contribution in [-0.2, 0) is 35.0 Å². The van der Waals surface area contributed by atoms with Gasteiger partial charge in [0.25, 0.3) is 0 Å². The molecule has 2 aromatic carbocycles. The standard InChI is InChI=1S/C36H42Cl2FN3O8/c1-18-8-7-9-28(47-6)36(46)16-27(48-31(44)17-36)20(3)33-35(4,50-33)29(49-34(45)41-25-14-23(39)24(40)13-22(25)37)15-30(43)42(5)26-12-21(10-18)11-19(2)32(26)38/h7-9,11-14,20,27-29,33,46H,10,15-17,40H2,1-6H3,(H,41,45)/b9-7+,18-8+/t20-,27+,28-,29+,33+,35+,36-/m1/s1. The Morgan fingerprint density at radius 1 is 1.20 bits per heavy atom. The number of methoxy groups -OCH3 is 1. The van der Waals surface area contributed by atoms with Crippen LogP contribution in [-0.4, -0.2) is 72.9 Å². The van der Waals surface area contributed by atoms with Gasteiger partial charge in [-0.3, -0.25) is 14.9 Å². The van der Waals surface area contributed by atoms with Crippen LogP contribution in [0.25, 0.3) is 0 Å². The highest BCUT2D eigenvalue weighted by atomic mass is 35.5. The second kappa shape index (κ2) is 14.5. The zero-order chi connectivity index (χ0) is 36.7. The average Bonchev–Trinajstić information content (AvgIpc) is 3.73. The molecule has 5 rings (SSSR count). The highest BCUT2D eigenvalue weighted by Crippen LogP contribution is 2.49. The van der Waals surface area contributed by atoms with Crippen molar-refractivity contribution in [2.45, 2.75) is 89.0 Å². The number of benzene rings is 2. The van der Waals surface area contributed by atoms with E-state index >= 15 is 0 Å². The minimum Gasteiger partial charge on any atom is -0.462 e. The number of carbonyl (C=O) groups excluding carboxylic acids is 3. The number of nitrogens with one attached hydrogen (secondary N) is 1. The number of carbonyl (C=O) groups is 3. The van der Waals surface area contributed by atoms with E-state index in [0.29, 0.717) is 17.1 Å². The molecular weight excluding hydrogens is 692 g/mol. The van der Waals surface area contributed by atoms with Crippen LogP contribution >= 0.6 is 23.2 Å². The fraction of sp³-hybridized carbons (Fsp3) is 0.472. The fourth-order valence-electron chi connectivity index (χ4n) is 6.82. The molecule has 2 amide bonds. The smallest absolute Gasteiger partial charge is 0.412 e. The molecule has 4 N–H and O–H groups in total. The van der Waals surface area contributed by atoms with Gasteiger partial charge in [0.1, 0.15) is 35.3 Å². The summed E-state index contributed by atoms with van der Waals surface area (Å²) in [4.78, 5) is 41.5. The molecule has 50 heavy (non-hydrogen) atoms. The first-order valence-corrected chi connectivity index (χ1v) is 17.0. The van der Waals surface area contributed by atoms with Crippen molar-refractivity contribution in [2.75, 3.05) is 30.1 Å². The number of hydrogen-bond acceptors (Lipinski definition) is 9. The number of epoxide rings is 1. The summed E-state index contributed by atoms with van der Waals surface area (Å²) in [6, 6.07) is 5.88. The monoisotopic (exact) mass is 733 g/mol. The highest BCUT2D eigenvalue weighted by Gasteiger charge is 2.64. The lowest BCUT2D eigenvalue weighted by Gasteiger charge is -2.41. The predicted octanol–water partition coefficient (Wildman–Crippen LogP) is 6.30. The van der Waals surface area contributed by atoms with Gasteiger partial charge >= 0.3 is 12.1 Å². The molecular formula is C36H42Cl2FN3O8. The van der Waals surface area contributed by atoms with Gasteiger partial charge in [0.2, 0.25) is 5.91 Å². The van der Waals surface area contributed by atoms with Crippen LogP contribution in [0.3, 0.4) is 0 Å². The van der Waals surface area contributed by atoms with E-state index in [1.54, 1.807) is 33.0 Å². The first kappa shape index (κ1) is 37.6. The number of allylic oxidation sites excluding steroid dienone is 3. The van der Waals surface area contributed by atoms with E-state index in [9.17, 15) is 23.9 Å². The molecule has 2 saturated heterocycles. The number of esters is 1. The number of rotatable bonds is 3. The number of nitrogen functional groups attached to an aromatic ring is 1. The molecule has 3 aliphatic heterocycles. The normalized spacial score (nSPS) is 31.9. The largest absolute Gasteiger partial charge is 0.462 e. The summed E-state index contributed by atoms with van der Waals surface area (Å²) >= 11 is 12.9. The number of amides is 2. The number of anilines is 3. The van der Waals surface area contributed by atoms with Crippen LogP contribution in [0.5, 0.6) is 0 Å². The number of hydrogen-bond donors (Lipinski definition) is 3. The van der Waals surface area contributed by atoms with Crippen LogP contribution in [0.1, 0.15) is 51.2 Å². The molecule has 0 unspecified atom stereocenters. The van der Waals surface area contributed by atoms with Gasteiger partial charge in [-0.2, -0.15) is 0 Å². The van der Waals surface area contributed by atoms with Crippen molar-refractivity contribution in [1.29, 1.82) is 0 Å². The van der Waals surface area contributed by atoms with E-state index in [0.717, 1.165) is 28.8 Å². The lowest BCUT2D eigenvalue weighted by atomic mass is 9.78. The van der Waals surface area contributed by atoms with Crippen LogP contribution < -0.4 is 16.0 Å². The molecule has 0 radical (unpaired) electrons. The molecule has 7 atom stereocenters. The second-order valence-electron chi connectivity index (χ2n) is 13.6. The van der Waals surface area contributed by atoms with Crippen LogP contribution in [0, 0.1) is 18.7 Å². The maximum Gasteiger partial charge on any atom is 0.412 e. The fourth-order valence-corrected chi connectivity index (χ4v) is 7.28. The molecule has 11 nitrogen and oxygen atoms in total. The Bertz CT molecular complexity index is 1750. The van der Waals surface area contributed by atoms with Gasteiger partial charge in [-0.25, -0.2) is 9.18 Å². The first-order valence-electron chi connectivity index (χ1n) is 16.2. The van der Waals surface area contributed by atoms with E-state index in [2.05, 4.69) is 5.32 Å². The van der Waals surface area contributed by atoms with Gasteiger partial charge in [-0.15, -0.1) is 0 Å². The van der Waals surface area contributed by atoms with Crippen molar-refractivity contribution in [1.82, 2.24) is 0 Å². The van der Waals surface area contributed by atoms with E-state index in [1.165, 1.54) is 12.0 Å². The molecule has 14 heteroatoms. The summed E-state index contributed by atoms with van der Waals surface area (Å²) in [5.41, 5.74) is 5.57. The van der Waals surface area contributed by atoms with Gasteiger partial charge in [0, 0.05) is 32.6 Å². The molecule has 2 aromatic rings. The van der Waals surface area contributed by atoms with Crippen LogP contribution in [0.15, 0.2) is 48.1 Å². The molecule has 0 spiro atoms. The zero-order valence-corrected chi connectivity index (χ0v) is 30.2.